The second-order valence-electron chi connectivity index (χ2n) is 3.21. The number of hydrogen-bond donors (Lipinski definition) is 1. The number of rotatable bonds is 3. The molecule has 2 heterocycles. The highest BCUT2D eigenvalue weighted by Gasteiger charge is 1.99. The number of nitrogens with zero attached hydrogens (tertiary/aromatic N) is 3. The molecule has 0 bridgehead atoms. The van der Waals surface area contributed by atoms with Gasteiger partial charge >= 0.3 is 0 Å². The summed E-state index contributed by atoms with van der Waals surface area (Å²) in [5.41, 5.74) is 7.48. The molecular weight excluding hydrogens is 188 g/mol. The molecule has 2 N–H and O–H groups in total. The van der Waals surface area contributed by atoms with Crippen LogP contribution < -0.4 is 5.73 Å². The molecule has 0 fully saturated rings. The highest BCUT2D eigenvalue weighted by molar-refractivity contribution is 5.15. The maximum Gasteiger partial charge on any atom is 0.133 e. The average Bonchev–Trinajstić information content (AvgIpc) is 2.31. The summed E-state index contributed by atoms with van der Waals surface area (Å²) >= 11 is 0. The van der Waals surface area contributed by atoms with E-state index in [9.17, 15) is 0 Å². The second-order valence-corrected chi connectivity index (χ2v) is 3.21. The van der Waals surface area contributed by atoms with E-state index < -0.39 is 0 Å². The summed E-state index contributed by atoms with van der Waals surface area (Å²) in [6.45, 7) is 0.447. The van der Waals surface area contributed by atoms with Crippen molar-refractivity contribution in [2.24, 2.45) is 5.73 Å². The van der Waals surface area contributed by atoms with Gasteiger partial charge in [0, 0.05) is 31.6 Å². The molecule has 0 saturated heterocycles. The fourth-order valence-electron chi connectivity index (χ4n) is 1.33. The van der Waals surface area contributed by atoms with E-state index in [0.717, 1.165) is 17.1 Å². The SMILES string of the molecule is NCc1ccnc(Cc2cccnc2)n1. The van der Waals surface area contributed by atoms with E-state index in [1.54, 1.807) is 12.4 Å². The van der Waals surface area contributed by atoms with Crippen LogP contribution in [0, 0.1) is 0 Å². The van der Waals surface area contributed by atoms with Gasteiger partial charge in [-0.1, -0.05) is 6.07 Å². The van der Waals surface area contributed by atoms with E-state index in [0.29, 0.717) is 13.0 Å². The summed E-state index contributed by atoms with van der Waals surface area (Å²) in [6.07, 6.45) is 6.00. The topological polar surface area (TPSA) is 64.7 Å². The molecule has 0 atom stereocenters. The predicted molar refractivity (Wildman–Crippen MR) is 57.0 cm³/mol. The fourth-order valence-corrected chi connectivity index (χ4v) is 1.33. The molecular formula is C11H12N4. The Hall–Kier alpha value is -1.81. The molecule has 0 unspecified atom stereocenters. The summed E-state index contributed by atoms with van der Waals surface area (Å²) in [6, 6.07) is 5.74. The summed E-state index contributed by atoms with van der Waals surface area (Å²) in [5, 5.41) is 0. The first-order valence-corrected chi connectivity index (χ1v) is 4.78. The molecule has 76 valence electrons. The lowest BCUT2D eigenvalue weighted by molar-refractivity contribution is 0.888. The first-order valence-electron chi connectivity index (χ1n) is 4.78. The van der Waals surface area contributed by atoms with Gasteiger partial charge < -0.3 is 5.73 Å². The minimum atomic E-state index is 0.447. The minimum absolute atomic E-state index is 0.447. The highest BCUT2D eigenvalue weighted by Crippen LogP contribution is 2.03. The maximum absolute atomic E-state index is 5.51. The van der Waals surface area contributed by atoms with Crippen LogP contribution in [0.15, 0.2) is 36.8 Å². The standard InChI is InChI=1S/C11H12N4/c12-7-10-3-5-14-11(15-10)6-9-2-1-4-13-8-9/h1-5,8H,6-7,12H2. The summed E-state index contributed by atoms with van der Waals surface area (Å²) in [7, 11) is 0. The van der Waals surface area contributed by atoms with Crippen LogP contribution in [0.3, 0.4) is 0 Å². The van der Waals surface area contributed by atoms with Crippen molar-refractivity contribution >= 4 is 0 Å². The molecule has 15 heavy (non-hydrogen) atoms. The van der Waals surface area contributed by atoms with Crippen molar-refractivity contribution in [1.29, 1.82) is 0 Å². The van der Waals surface area contributed by atoms with Gasteiger partial charge in [-0.15, -0.1) is 0 Å². The number of pyridine rings is 1. The zero-order valence-corrected chi connectivity index (χ0v) is 8.30. The molecule has 0 aromatic carbocycles. The van der Waals surface area contributed by atoms with E-state index in [2.05, 4.69) is 15.0 Å². The molecule has 2 aromatic heterocycles. The lowest BCUT2D eigenvalue weighted by Crippen LogP contribution is -2.04. The van der Waals surface area contributed by atoms with E-state index in [1.165, 1.54) is 0 Å². The molecule has 0 aliphatic rings. The molecule has 0 aliphatic heterocycles. The van der Waals surface area contributed by atoms with Crippen LogP contribution in [0.2, 0.25) is 0 Å². The lowest BCUT2D eigenvalue weighted by Gasteiger charge is -2.01. The Morgan fingerprint density at radius 1 is 1.20 bits per heavy atom. The Morgan fingerprint density at radius 3 is 2.87 bits per heavy atom. The fraction of sp³-hybridized carbons (Fsp3) is 0.182. The Balaban J connectivity index is 2.17. The Bertz CT molecular complexity index is 428. The summed E-state index contributed by atoms with van der Waals surface area (Å²) < 4.78 is 0. The molecule has 0 saturated carbocycles. The molecule has 0 radical (unpaired) electrons. The van der Waals surface area contributed by atoms with Gasteiger partial charge in [0.05, 0.1) is 5.69 Å². The van der Waals surface area contributed by atoms with Crippen LogP contribution >= 0.6 is 0 Å². The van der Waals surface area contributed by atoms with E-state index in [1.807, 2.05) is 24.4 Å². The minimum Gasteiger partial charge on any atom is -0.325 e. The van der Waals surface area contributed by atoms with Crippen molar-refractivity contribution in [3.8, 4) is 0 Å². The van der Waals surface area contributed by atoms with E-state index in [4.69, 9.17) is 5.73 Å². The molecule has 2 aromatic rings. The van der Waals surface area contributed by atoms with Crippen LogP contribution in [0.4, 0.5) is 0 Å². The second kappa shape index (κ2) is 4.61. The van der Waals surface area contributed by atoms with Crippen LogP contribution in [0.25, 0.3) is 0 Å². The molecule has 4 heteroatoms. The number of hydrogen-bond acceptors (Lipinski definition) is 4. The smallest absolute Gasteiger partial charge is 0.133 e. The third-order valence-corrected chi connectivity index (χ3v) is 2.06. The van der Waals surface area contributed by atoms with Crippen LogP contribution in [0.5, 0.6) is 0 Å². The van der Waals surface area contributed by atoms with Gasteiger partial charge in [-0.05, 0) is 17.7 Å². The van der Waals surface area contributed by atoms with Gasteiger partial charge in [-0.25, -0.2) is 9.97 Å². The van der Waals surface area contributed by atoms with Crippen molar-refractivity contribution in [3.05, 3.63) is 53.9 Å². The van der Waals surface area contributed by atoms with E-state index in [-0.39, 0.29) is 0 Å². The Kier molecular flexibility index (Phi) is 2.99. The molecule has 0 amide bonds. The van der Waals surface area contributed by atoms with Crippen molar-refractivity contribution in [2.45, 2.75) is 13.0 Å². The molecule has 4 nitrogen and oxygen atoms in total. The molecule has 2 rings (SSSR count). The Labute approximate surface area is 88.2 Å². The van der Waals surface area contributed by atoms with Crippen LogP contribution in [-0.4, -0.2) is 15.0 Å². The Morgan fingerprint density at radius 2 is 2.13 bits per heavy atom. The molecule has 0 aliphatic carbocycles. The predicted octanol–water partition coefficient (Wildman–Crippen LogP) is 0.921. The zero-order valence-electron chi connectivity index (χ0n) is 8.30. The van der Waals surface area contributed by atoms with Crippen LogP contribution in [-0.2, 0) is 13.0 Å². The third kappa shape index (κ3) is 2.57. The van der Waals surface area contributed by atoms with Gasteiger partial charge in [0.15, 0.2) is 0 Å². The van der Waals surface area contributed by atoms with Gasteiger partial charge in [0.25, 0.3) is 0 Å². The quantitative estimate of drug-likeness (QED) is 0.800. The maximum atomic E-state index is 5.51. The summed E-state index contributed by atoms with van der Waals surface area (Å²) in [4.78, 5) is 12.6. The van der Waals surface area contributed by atoms with Crippen LogP contribution in [0.1, 0.15) is 17.1 Å². The number of aromatic nitrogens is 3. The van der Waals surface area contributed by atoms with Gasteiger partial charge in [0.2, 0.25) is 0 Å². The lowest BCUT2D eigenvalue weighted by atomic mass is 10.2. The van der Waals surface area contributed by atoms with Gasteiger partial charge in [-0.2, -0.15) is 0 Å². The van der Waals surface area contributed by atoms with Crippen molar-refractivity contribution in [1.82, 2.24) is 15.0 Å². The van der Waals surface area contributed by atoms with Gasteiger partial charge in [0.1, 0.15) is 5.82 Å². The van der Waals surface area contributed by atoms with Gasteiger partial charge in [-0.3, -0.25) is 4.98 Å². The summed E-state index contributed by atoms with van der Waals surface area (Å²) in [5.74, 6) is 0.783. The molecule has 0 spiro atoms. The third-order valence-electron chi connectivity index (χ3n) is 2.06. The van der Waals surface area contributed by atoms with Crippen molar-refractivity contribution in [2.75, 3.05) is 0 Å². The van der Waals surface area contributed by atoms with Crippen molar-refractivity contribution < 1.29 is 0 Å². The largest absolute Gasteiger partial charge is 0.325 e. The monoisotopic (exact) mass is 200 g/mol. The first kappa shape index (κ1) is 9.73. The normalized spacial score (nSPS) is 10.2. The average molecular weight is 200 g/mol. The first-order chi connectivity index (χ1) is 7.38. The number of nitrogens with two attached hydrogens (primary N) is 1. The highest BCUT2D eigenvalue weighted by atomic mass is 14.9. The van der Waals surface area contributed by atoms with E-state index >= 15 is 0 Å². The zero-order chi connectivity index (χ0) is 10.5. The van der Waals surface area contributed by atoms with Crippen molar-refractivity contribution in [3.63, 3.8) is 0 Å².